The lowest BCUT2D eigenvalue weighted by Gasteiger charge is -2.33. The summed E-state index contributed by atoms with van der Waals surface area (Å²) >= 11 is 0. The summed E-state index contributed by atoms with van der Waals surface area (Å²) in [6.45, 7) is 3.80. The van der Waals surface area contributed by atoms with E-state index in [1.54, 1.807) is 0 Å². The highest BCUT2D eigenvalue weighted by Gasteiger charge is 2.43. The molecule has 0 aromatic heterocycles. The van der Waals surface area contributed by atoms with Crippen molar-refractivity contribution in [2.45, 2.75) is 6.29 Å². The maximum absolute atomic E-state index is 13.1. The summed E-state index contributed by atoms with van der Waals surface area (Å²) in [5, 5.41) is 2.74. The topological polar surface area (TPSA) is 55.2 Å². The number of piperazine rings is 1. The summed E-state index contributed by atoms with van der Waals surface area (Å²) < 4.78 is 34.9. The number of nitrogens with one attached hydrogen (secondary N) is 2. The molecule has 2 N–H and O–H groups in total. The summed E-state index contributed by atoms with van der Waals surface area (Å²) in [7, 11) is 0. The van der Waals surface area contributed by atoms with E-state index in [9.17, 15) is 13.6 Å². The fourth-order valence-corrected chi connectivity index (χ4v) is 3.36. The van der Waals surface area contributed by atoms with E-state index in [2.05, 4.69) is 31.8 Å². The van der Waals surface area contributed by atoms with E-state index in [1.807, 2.05) is 18.2 Å². The van der Waals surface area contributed by atoms with Crippen LogP contribution in [0.5, 0.6) is 11.5 Å². The van der Waals surface area contributed by atoms with Gasteiger partial charge in [-0.05, 0) is 24.3 Å². The van der Waals surface area contributed by atoms with Crippen molar-refractivity contribution in [3.05, 3.63) is 48.5 Å². The maximum Gasteiger partial charge on any atom is 0.586 e. The molecular formula is C19H20F2N3O3+. The van der Waals surface area contributed by atoms with Crippen LogP contribution in [0.25, 0.3) is 0 Å². The molecule has 0 bridgehead atoms. The predicted octanol–water partition coefficient (Wildman–Crippen LogP) is 1.35. The first kappa shape index (κ1) is 17.5. The van der Waals surface area contributed by atoms with Crippen molar-refractivity contribution in [1.82, 2.24) is 0 Å². The Hall–Kier alpha value is -2.87. The van der Waals surface area contributed by atoms with Gasteiger partial charge in [-0.1, -0.05) is 18.2 Å². The number of quaternary nitrogens is 1. The standard InChI is InChI=1S/C19H19F2N3O3/c20-19(21)26-16-7-6-14(12-17(16)27-19)22-18(25)13-23-8-10-24(11-9-23)15-4-2-1-3-5-15/h1-7,12H,8-11,13H2,(H,22,25)/p+1. The van der Waals surface area contributed by atoms with Crippen LogP contribution in [-0.2, 0) is 4.79 Å². The van der Waals surface area contributed by atoms with Crippen LogP contribution in [0.3, 0.4) is 0 Å². The average molecular weight is 376 g/mol. The Kier molecular flexibility index (Phi) is 4.57. The number of amides is 1. The minimum atomic E-state index is -3.66. The quantitative estimate of drug-likeness (QED) is 0.846. The number of rotatable bonds is 4. The third-order valence-electron chi connectivity index (χ3n) is 4.69. The predicted molar refractivity (Wildman–Crippen MR) is 95.5 cm³/mol. The van der Waals surface area contributed by atoms with Crippen LogP contribution in [0.4, 0.5) is 20.2 Å². The van der Waals surface area contributed by atoms with Gasteiger partial charge in [-0.25, -0.2) is 0 Å². The molecule has 1 fully saturated rings. The maximum atomic E-state index is 13.1. The zero-order valence-corrected chi connectivity index (χ0v) is 14.6. The number of ether oxygens (including phenoxy) is 2. The molecule has 4 rings (SSSR count). The Morgan fingerprint density at radius 3 is 2.52 bits per heavy atom. The molecule has 0 spiro atoms. The molecule has 142 valence electrons. The molecule has 2 aromatic rings. The molecule has 1 saturated heterocycles. The van der Waals surface area contributed by atoms with Crippen LogP contribution in [-0.4, -0.2) is 44.9 Å². The van der Waals surface area contributed by atoms with Crippen LogP contribution < -0.4 is 24.6 Å². The Bertz CT molecular complexity index is 824. The van der Waals surface area contributed by atoms with Crippen LogP contribution in [0.1, 0.15) is 0 Å². The van der Waals surface area contributed by atoms with E-state index >= 15 is 0 Å². The van der Waals surface area contributed by atoms with Crippen molar-refractivity contribution in [2.75, 3.05) is 42.9 Å². The first-order chi connectivity index (χ1) is 13.0. The summed E-state index contributed by atoms with van der Waals surface area (Å²) in [5.41, 5.74) is 1.60. The lowest BCUT2D eigenvalue weighted by atomic mass is 10.2. The lowest BCUT2D eigenvalue weighted by Crippen LogP contribution is -3.15. The number of anilines is 2. The molecule has 27 heavy (non-hydrogen) atoms. The molecule has 2 heterocycles. The van der Waals surface area contributed by atoms with Crippen molar-refractivity contribution in [2.24, 2.45) is 0 Å². The molecular weight excluding hydrogens is 356 g/mol. The molecule has 2 aliphatic rings. The second-order valence-corrected chi connectivity index (χ2v) is 6.63. The van der Waals surface area contributed by atoms with Gasteiger partial charge in [-0.2, -0.15) is 0 Å². The molecule has 2 aromatic carbocycles. The van der Waals surface area contributed by atoms with Gasteiger partial charge in [0.15, 0.2) is 18.0 Å². The van der Waals surface area contributed by atoms with E-state index in [0.29, 0.717) is 12.2 Å². The molecule has 8 heteroatoms. The zero-order chi connectivity index (χ0) is 18.9. The van der Waals surface area contributed by atoms with Crippen molar-refractivity contribution in [3.63, 3.8) is 0 Å². The summed E-state index contributed by atoms with van der Waals surface area (Å²) in [6, 6.07) is 14.4. The number of carbonyl (C=O) groups is 1. The highest BCUT2D eigenvalue weighted by atomic mass is 19.3. The monoisotopic (exact) mass is 376 g/mol. The number of alkyl halides is 2. The lowest BCUT2D eigenvalue weighted by molar-refractivity contribution is -0.892. The molecule has 0 atom stereocenters. The number of benzene rings is 2. The smallest absolute Gasteiger partial charge is 0.395 e. The van der Waals surface area contributed by atoms with Crippen LogP contribution in [0.15, 0.2) is 48.5 Å². The third kappa shape index (κ3) is 4.11. The Morgan fingerprint density at radius 2 is 1.78 bits per heavy atom. The van der Waals surface area contributed by atoms with E-state index in [1.165, 1.54) is 28.8 Å². The first-order valence-corrected chi connectivity index (χ1v) is 8.82. The SMILES string of the molecule is O=C(C[NH+]1CCN(c2ccccc2)CC1)Nc1ccc2c(c1)OC(F)(F)O2. The van der Waals surface area contributed by atoms with E-state index in [4.69, 9.17) is 0 Å². The fraction of sp³-hybridized carbons (Fsp3) is 0.316. The van der Waals surface area contributed by atoms with Crippen LogP contribution in [0, 0.1) is 0 Å². The van der Waals surface area contributed by atoms with Crippen LogP contribution >= 0.6 is 0 Å². The number of fused-ring (bicyclic) bond motifs is 1. The minimum absolute atomic E-state index is 0.0411. The molecule has 0 radical (unpaired) electrons. The first-order valence-electron chi connectivity index (χ1n) is 8.82. The van der Waals surface area contributed by atoms with Crippen molar-refractivity contribution < 1.29 is 27.9 Å². The Balaban J connectivity index is 1.28. The summed E-state index contributed by atoms with van der Waals surface area (Å²) in [4.78, 5) is 15.8. The van der Waals surface area contributed by atoms with Gasteiger partial charge in [0.05, 0.1) is 26.2 Å². The minimum Gasteiger partial charge on any atom is -0.395 e. The number of hydrogen-bond donors (Lipinski definition) is 2. The average Bonchev–Trinajstić information content (AvgIpc) is 2.96. The van der Waals surface area contributed by atoms with Gasteiger partial charge in [0.2, 0.25) is 0 Å². The summed E-state index contributed by atoms with van der Waals surface area (Å²) in [6.07, 6.45) is -3.66. The van der Waals surface area contributed by atoms with Crippen molar-refractivity contribution >= 4 is 17.3 Å². The molecule has 0 saturated carbocycles. The molecule has 1 amide bonds. The largest absolute Gasteiger partial charge is 0.586 e. The van der Waals surface area contributed by atoms with Gasteiger partial charge in [0.1, 0.15) is 0 Å². The zero-order valence-electron chi connectivity index (χ0n) is 14.6. The van der Waals surface area contributed by atoms with E-state index < -0.39 is 6.29 Å². The third-order valence-corrected chi connectivity index (χ3v) is 4.69. The van der Waals surface area contributed by atoms with Gasteiger partial charge in [0, 0.05) is 17.4 Å². The molecule has 2 aliphatic heterocycles. The van der Waals surface area contributed by atoms with Gasteiger partial charge in [0.25, 0.3) is 5.91 Å². The van der Waals surface area contributed by atoms with Crippen LogP contribution in [0.2, 0.25) is 0 Å². The second kappa shape index (κ2) is 7.03. The number of hydrogen-bond acceptors (Lipinski definition) is 4. The second-order valence-electron chi connectivity index (χ2n) is 6.63. The van der Waals surface area contributed by atoms with Gasteiger partial charge < -0.3 is 24.6 Å². The molecule has 0 aliphatic carbocycles. The highest BCUT2D eigenvalue weighted by molar-refractivity contribution is 5.91. The number of nitrogens with zero attached hydrogens (tertiary/aromatic N) is 1. The molecule has 6 nitrogen and oxygen atoms in total. The normalized spacial score (nSPS) is 18.4. The van der Waals surface area contributed by atoms with Gasteiger partial charge in [-0.3, -0.25) is 4.79 Å². The summed E-state index contributed by atoms with van der Waals surface area (Å²) in [5.74, 6) is -0.286. The number of carbonyl (C=O) groups excluding carboxylic acids is 1. The van der Waals surface area contributed by atoms with E-state index in [-0.39, 0.29) is 17.4 Å². The van der Waals surface area contributed by atoms with E-state index in [0.717, 1.165) is 26.2 Å². The Morgan fingerprint density at radius 1 is 1.07 bits per heavy atom. The fourth-order valence-electron chi connectivity index (χ4n) is 3.36. The van der Waals surface area contributed by atoms with Gasteiger partial charge >= 0.3 is 6.29 Å². The van der Waals surface area contributed by atoms with Crippen molar-refractivity contribution in [1.29, 1.82) is 0 Å². The molecule has 0 unspecified atom stereocenters. The number of halogens is 2. The van der Waals surface area contributed by atoms with Crippen molar-refractivity contribution in [3.8, 4) is 11.5 Å². The Labute approximate surface area is 155 Å². The number of para-hydroxylation sites is 1. The van der Waals surface area contributed by atoms with Gasteiger partial charge in [-0.15, -0.1) is 8.78 Å². The highest BCUT2D eigenvalue weighted by Crippen LogP contribution is 2.42.